The monoisotopic (exact) mass is 775 g/mol. The second-order valence-electron chi connectivity index (χ2n) is 15.1. The lowest BCUT2D eigenvalue weighted by Crippen LogP contribution is -2.77. The van der Waals surface area contributed by atoms with E-state index < -0.39 is 47.1 Å². The van der Waals surface area contributed by atoms with E-state index in [0.29, 0.717) is 47.7 Å². The summed E-state index contributed by atoms with van der Waals surface area (Å²) in [5.41, 5.74) is 3.66. The molecule has 8 heterocycles. The van der Waals surface area contributed by atoms with E-state index in [2.05, 4.69) is 16.3 Å². The van der Waals surface area contributed by atoms with Gasteiger partial charge >= 0.3 is 11.9 Å². The summed E-state index contributed by atoms with van der Waals surface area (Å²) in [6.45, 7) is 3.97. The maximum Gasteiger partial charge on any atom is 0.331 e. The lowest BCUT2D eigenvalue weighted by molar-refractivity contribution is -0.228. The molecule has 3 aromatic carbocycles. The third kappa shape index (κ3) is 4.48. The Morgan fingerprint density at radius 2 is 1.76 bits per heavy atom. The van der Waals surface area contributed by atoms with Crippen molar-refractivity contribution < 1.29 is 58.1 Å². The fraction of sp³-hybridized carbons (Fsp3) is 0.487. The molecule has 3 aromatic rings. The van der Waals surface area contributed by atoms with Crippen LogP contribution < -0.4 is 33.7 Å². The number of aryl methyl sites for hydroxylation is 1. The number of phenolic OH excluding ortho intramolecular Hbond substituents is 2. The summed E-state index contributed by atoms with van der Waals surface area (Å²) in [5, 5.41) is 38.2. The first kappa shape index (κ1) is 34.8. The number of carbonyl (C=O) groups is 2. The predicted molar refractivity (Wildman–Crippen MR) is 194 cm³/mol. The molecule has 8 aliphatic rings. The number of aliphatic hydroxyl groups excluding tert-OH is 1. The fourth-order valence-corrected chi connectivity index (χ4v) is 12.2. The Labute approximate surface area is 320 Å². The van der Waals surface area contributed by atoms with Crippen LogP contribution >= 0.6 is 11.8 Å². The van der Waals surface area contributed by atoms with Crippen LogP contribution in [0.5, 0.6) is 46.0 Å². The molecule has 15 nitrogen and oxygen atoms in total. The molecule has 0 aromatic heterocycles. The quantitative estimate of drug-likeness (QED) is 0.224. The number of aromatic hydroxyl groups is 2. The molecule has 4 N–H and O–H groups in total. The van der Waals surface area contributed by atoms with Crippen molar-refractivity contribution in [3.05, 3.63) is 57.1 Å². The molecule has 290 valence electrons. The minimum atomic E-state index is -1.38. The Hall–Kier alpha value is -4.61. The van der Waals surface area contributed by atoms with Crippen molar-refractivity contribution in [3.63, 3.8) is 0 Å². The number of aliphatic hydroxyl groups is 1. The summed E-state index contributed by atoms with van der Waals surface area (Å²) >= 11 is 1.44. The summed E-state index contributed by atoms with van der Waals surface area (Å²) in [6.07, 6.45) is -0.470. The first-order valence-corrected chi connectivity index (χ1v) is 19.4. The van der Waals surface area contributed by atoms with E-state index in [-0.39, 0.29) is 65.6 Å². The van der Waals surface area contributed by atoms with Crippen molar-refractivity contribution in [2.45, 2.75) is 67.4 Å². The van der Waals surface area contributed by atoms with Crippen LogP contribution in [0.15, 0.2) is 18.2 Å². The molecule has 0 radical (unpaired) electrons. The highest BCUT2D eigenvalue weighted by Crippen LogP contribution is 2.68. The van der Waals surface area contributed by atoms with Gasteiger partial charge in [0.25, 0.3) is 0 Å². The number of hydrogen-bond acceptors (Lipinski definition) is 16. The van der Waals surface area contributed by atoms with Crippen LogP contribution in [0.2, 0.25) is 0 Å². The summed E-state index contributed by atoms with van der Waals surface area (Å²) in [4.78, 5) is 31.9. The molecule has 9 atom stereocenters. The van der Waals surface area contributed by atoms with E-state index >= 15 is 0 Å². The molecule has 6 bridgehead atoms. The molecule has 16 heteroatoms. The highest BCUT2D eigenvalue weighted by Gasteiger charge is 2.67. The Balaban J connectivity index is 1.25. The van der Waals surface area contributed by atoms with Gasteiger partial charge in [0.2, 0.25) is 18.3 Å². The number of fused-ring (bicyclic) bond motifs is 8. The van der Waals surface area contributed by atoms with Crippen molar-refractivity contribution in [2.75, 3.05) is 53.6 Å². The van der Waals surface area contributed by atoms with Crippen LogP contribution in [0.1, 0.15) is 69.1 Å². The number of nitrogens with zero attached hydrogens (tertiary/aromatic N) is 2. The van der Waals surface area contributed by atoms with Gasteiger partial charge in [-0.2, -0.15) is 0 Å². The highest BCUT2D eigenvalue weighted by atomic mass is 32.2. The van der Waals surface area contributed by atoms with Gasteiger partial charge < -0.3 is 48.5 Å². The van der Waals surface area contributed by atoms with Crippen LogP contribution in [0, 0.1) is 6.92 Å². The molecular weight excluding hydrogens is 735 g/mol. The Morgan fingerprint density at radius 3 is 2.51 bits per heavy atom. The van der Waals surface area contributed by atoms with Gasteiger partial charge in [-0.05, 0) is 47.7 Å². The summed E-state index contributed by atoms with van der Waals surface area (Å²) in [6, 6.07) is 3.20. The molecule has 5 unspecified atom stereocenters. The van der Waals surface area contributed by atoms with E-state index in [1.807, 2.05) is 11.8 Å². The molecule has 3 saturated heterocycles. The minimum absolute atomic E-state index is 0.0305. The number of hydrogen-bond donors (Lipinski definition) is 4. The smallest absolute Gasteiger partial charge is 0.331 e. The van der Waals surface area contributed by atoms with Crippen molar-refractivity contribution in [1.82, 2.24) is 15.1 Å². The molecule has 55 heavy (non-hydrogen) atoms. The second kappa shape index (κ2) is 12.2. The first-order valence-electron chi connectivity index (χ1n) is 18.3. The number of ether oxygens (including phenoxy) is 7. The molecule has 0 saturated carbocycles. The molecule has 11 rings (SSSR count). The molecule has 0 amide bonds. The zero-order chi connectivity index (χ0) is 38.2. The number of methoxy groups -OCH3 is 3. The van der Waals surface area contributed by atoms with Gasteiger partial charge in [0, 0.05) is 54.4 Å². The predicted octanol–water partition coefficient (Wildman–Crippen LogP) is 3.04. The van der Waals surface area contributed by atoms with Crippen LogP contribution in [0.3, 0.4) is 0 Å². The lowest BCUT2D eigenvalue weighted by atomic mass is 9.64. The maximum absolute atomic E-state index is 14.7. The van der Waals surface area contributed by atoms with Gasteiger partial charge in [-0.3, -0.25) is 19.9 Å². The molecular formula is C39H41N3O12S. The van der Waals surface area contributed by atoms with Gasteiger partial charge in [-0.15, -0.1) is 11.8 Å². The number of benzene rings is 3. The fourth-order valence-electron chi connectivity index (χ4n) is 10.6. The number of piperazine rings is 1. The number of thioether (sulfide) groups is 1. The number of rotatable bonds is 4. The molecule has 8 aliphatic heterocycles. The molecule has 3 fully saturated rings. The summed E-state index contributed by atoms with van der Waals surface area (Å²) in [5.74, 6) is 0.508. The van der Waals surface area contributed by atoms with Gasteiger partial charge in [-0.25, -0.2) is 4.79 Å². The van der Waals surface area contributed by atoms with Crippen molar-refractivity contribution in [1.29, 1.82) is 0 Å². The normalized spacial score (nSPS) is 31.9. The van der Waals surface area contributed by atoms with Crippen molar-refractivity contribution >= 4 is 23.7 Å². The third-order valence-corrected chi connectivity index (χ3v) is 14.2. The molecule has 1 spiro atoms. The summed E-state index contributed by atoms with van der Waals surface area (Å²) < 4.78 is 41.8. The number of carbonyl (C=O) groups excluding carboxylic acids is 2. The van der Waals surface area contributed by atoms with E-state index in [4.69, 9.17) is 33.2 Å². The van der Waals surface area contributed by atoms with Gasteiger partial charge in [0.15, 0.2) is 40.0 Å². The van der Waals surface area contributed by atoms with E-state index in [9.17, 15) is 24.9 Å². The van der Waals surface area contributed by atoms with Crippen LogP contribution in [-0.4, -0.2) is 109 Å². The van der Waals surface area contributed by atoms with Crippen LogP contribution in [-0.2, 0) is 26.3 Å². The molecule has 0 aliphatic carbocycles. The minimum Gasteiger partial charge on any atom is -0.504 e. The van der Waals surface area contributed by atoms with Crippen LogP contribution in [0.25, 0.3) is 0 Å². The van der Waals surface area contributed by atoms with Gasteiger partial charge in [-0.1, -0.05) is 6.07 Å². The van der Waals surface area contributed by atoms with Crippen LogP contribution in [0.4, 0.5) is 0 Å². The maximum atomic E-state index is 14.7. The van der Waals surface area contributed by atoms with Crippen molar-refractivity contribution in [2.24, 2.45) is 0 Å². The summed E-state index contributed by atoms with van der Waals surface area (Å²) in [7, 11) is 4.46. The zero-order valence-electron chi connectivity index (χ0n) is 30.8. The highest BCUT2D eigenvalue weighted by molar-refractivity contribution is 7.99. The standard InChI is InChI=1S/C39H41N3O12S/c1-15-8-18-19-11-41-27(19)37(46)42-21-12-51-38(47)39(20-10-23(48-3)22(44)9-17(20)6-7-40-39)13-55-36(29(42)28(41)24(18)30(45)31(15)49-4)26-25(21)32-35(53-14-52-32)34(50-5)33(26)54-16(2)43/h8-10,19,21,27-29,36-37,40,44-46H,6-7,11-14H2,1-5H3/t19?,21-,27?,28?,29?,36+,37-,39+/m0/s1. The SMILES string of the molecule is COc1cc2c(cc1O)CCN[C@]21CS[C@@H]2c3c(OC(C)=O)c(OC)c4c(c3[C@H](COC1=O)N1C2C2c3c(cc(C)c(OC)c3O)C3CN2C3[C@@H]1O)OCO4. The Bertz CT molecular complexity index is 2200. The van der Waals surface area contributed by atoms with E-state index in [1.165, 1.54) is 40.0 Å². The topological polar surface area (TPSA) is 178 Å². The second-order valence-corrected chi connectivity index (χ2v) is 16.3. The van der Waals surface area contributed by atoms with Crippen molar-refractivity contribution in [3.8, 4) is 46.0 Å². The average Bonchev–Trinajstić information content (AvgIpc) is 3.63. The van der Waals surface area contributed by atoms with E-state index in [1.54, 1.807) is 12.1 Å². The number of esters is 2. The van der Waals surface area contributed by atoms with E-state index in [0.717, 1.165) is 22.3 Å². The Morgan fingerprint density at radius 1 is 0.982 bits per heavy atom. The van der Waals surface area contributed by atoms with Gasteiger partial charge in [0.05, 0.1) is 44.7 Å². The Kier molecular flexibility index (Phi) is 7.73. The number of nitrogens with one attached hydrogen (secondary N) is 1. The zero-order valence-corrected chi connectivity index (χ0v) is 31.7. The average molecular weight is 776 g/mol. The number of phenols is 2. The van der Waals surface area contributed by atoms with Gasteiger partial charge in [0.1, 0.15) is 12.8 Å². The first-order chi connectivity index (χ1) is 26.5. The third-order valence-electron chi connectivity index (χ3n) is 12.7. The largest absolute Gasteiger partial charge is 0.504 e. The lowest BCUT2D eigenvalue weighted by Gasteiger charge is -2.69.